The normalized spacial score (nSPS) is 22.4. The third kappa shape index (κ3) is 26.7. The fourth-order valence-electron chi connectivity index (χ4n) is 20.1. The Morgan fingerprint density at radius 1 is 0.752 bits per heavy atom. The maximum atomic E-state index is 15.2. The lowest BCUT2D eigenvalue weighted by atomic mass is 9.47. The average molecular weight is 2030 g/mol. The second-order valence-corrected chi connectivity index (χ2v) is 40.6. The van der Waals surface area contributed by atoms with Crippen LogP contribution in [0.3, 0.4) is 0 Å². The van der Waals surface area contributed by atoms with Gasteiger partial charge in [-0.3, -0.25) is 68.2 Å². The van der Waals surface area contributed by atoms with Crippen LogP contribution in [0.5, 0.6) is 5.75 Å². The first-order valence-corrected chi connectivity index (χ1v) is 50.3. The quantitative estimate of drug-likeness (QED) is 0.00377. The van der Waals surface area contributed by atoms with Crippen LogP contribution in [-0.2, 0) is 115 Å². The largest absolute Gasteiger partial charge is 0.496 e. The van der Waals surface area contributed by atoms with E-state index in [1.54, 1.807) is 44.5 Å². The van der Waals surface area contributed by atoms with Gasteiger partial charge in [-0.1, -0.05) is 113 Å². The molecule has 2 saturated heterocycles. The van der Waals surface area contributed by atoms with Gasteiger partial charge in [0.15, 0.2) is 11.4 Å². The van der Waals surface area contributed by atoms with Crippen molar-refractivity contribution in [3.8, 4) is 18.1 Å². The van der Waals surface area contributed by atoms with Crippen molar-refractivity contribution in [3.63, 3.8) is 0 Å². The zero-order valence-electron chi connectivity index (χ0n) is 78.7. The molecule has 0 radical (unpaired) electrons. The zero-order valence-corrected chi connectivity index (χ0v) is 81.9. The first-order valence-electron chi connectivity index (χ1n) is 45.3. The standard InChI is InChI=1S/C92H116N14O22S4.3CO2/c1-9-30-106(49-56-17-22-67-63(42-56)79(115)100-86(93)99-67)59-20-18-58(19-21-59)78(114)97-68(80(116)117)23-24-74(111)127-34-38-131-129-36-26-60(108)40-53(4)76(112)95-55(6)71(109)41-54(5)77(113)98-69(81(118)119)47-94-73(110)27-37-130-132-39-35-128-87(122)102-101-85(121)92(124)83-91(29-33-105-31-14-28-89(11-3,82(91)105)84(92)120)64-43-65(72(125-8)44-70(64)103(83)7)90(51-126-52-107)46-57-45-88(123,10-2)50-104(48-57)32-25-62-61-15-12-13-16-66(61)96-75(62)90;3*2-1-3/h1,12-22,28,42-44,52-55,57,68-69,82-84,96,120,123-124H,10-11,23-27,29-41,45-51H2,2-8H3,(H,94,110)(H,95,112)(H,97,114)(H,98,113)(H,101,121)(H,102,122)(H,116,117)(H,118,119)(H3,93,99,100,115);;;/t53-,54-,55+,57?,68+,69?,82+,83-,84-,88+,89-,90+,91-,92-;;;/m1.../s1. The summed E-state index contributed by atoms with van der Waals surface area (Å²) in [4.78, 5) is 237. The Labute approximate surface area is 826 Å². The predicted octanol–water partition coefficient (Wildman–Crippen LogP) is 3.84. The fourth-order valence-corrected chi connectivity index (χ4v) is 23.8. The minimum Gasteiger partial charge on any atom is -0.496 e. The molecule has 2 bridgehead atoms. The van der Waals surface area contributed by atoms with E-state index in [-0.39, 0.29) is 118 Å². The van der Waals surface area contributed by atoms with E-state index < -0.39 is 147 Å². The number of para-hydroxylation sites is 1. The number of carbonyl (C=O) groups excluding carboxylic acids is 16. The summed E-state index contributed by atoms with van der Waals surface area (Å²) in [5.41, 5.74) is 9.97. The third-order valence-corrected chi connectivity index (χ3v) is 31.2. The van der Waals surface area contributed by atoms with Crippen LogP contribution in [0, 0.1) is 35.5 Å². The molecule has 15 N–H and O–H groups in total. The minimum atomic E-state index is -2.62. The van der Waals surface area contributed by atoms with E-state index in [0.717, 1.165) is 33.3 Å². The van der Waals surface area contributed by atoms with Crippen molar-refractivity contribution in [3.05, 3.63) is 135 Å². The molecule has 7 heterocycles. The Kier molecular flexibility index (Phi) is 40.9. The van der Waals surface area contributed by atoms with Crippen molar-refractivity contribution in [2.24, 2.45) is 23.2 Å². The van der Waals surface area contributed by atoms with Gasteiger partial charge >= 0.3 is 42.5 Å². The highest BCUT2D eigenvalue weighted by molar-refractivity contribution is 8.77. The molecule has 2 aromatic heterocycles. The number of Topliss-reactive ketones (excluding diaryl/α,β-unsaturated/α-hetero) is 2. The number of rotatable bonds is 44. The van der Waals surface area contributed by atoms with E-state index in [9.17, 15) is 83.1 Å². The van der Waals surface area contributed by atoms with Crippen molar-refractivity contribution in [1.29, 1.82) is 0 Å². The molecular weight excluding hydrogens is 1910 g/mol. The van der Waals surface area contributed by atoms with Gasteiger partial charge in [-0.15, -0.1) is 6.42 Å². The second kappa shape index (κ2) is 51.6. The highest BCUT2D eigenvalue weighted by Gasteiger charge is 2.79. The molecule has 12 rings (SSSR count). The van der Waals surface area contributed by atoms with Crippen LogP contribution in [-0.4, -0.2) is 291 Å². The number of likely N-dealkylation sites (N-methyl/N-ethyl adjacent to an activating group) is 1. The molecule has 6 aromatic rings. The van der Waals surface area contributed by atoms with Gasteiger partial charge in [-0.2, -0.15) is 28.8 Å². The molecule has 6 aliphatic rings. The minimum absolute atomic E-state index is 0.00536. The van der Waals surface area contributed by atoms with E-state index in [2.05, 4.69) is 74.9 Å². The molecule has 141 heavy (non-hydrogen) atoms. The molecule has 1 aliphatic carbocycles. The Balaban J connectivity index is 0.00000237. The monoisotopic (exact) mass is 2030 g/mol. The Morgan fingerprint density at radius 3 is 2.07 bits per heavy atom. The maximum Gasteiger partial charge on any atom is 0.426 e. The Morgan fingerprint density at radius 2 is 1.41 bits per heavy atom. The number of esters is 1. The number of carboxylic acid groups (broad SMARTS) is 2. The predicted molar refractivity (Wildman–Crippen MR) is 516 cm³/mol. The van der Waals surface area contributed by atoms with Gasteiger partial charge in [0.2, 0.25) is 23.7 Å². The van der Waals surface area contributed by atoms with Crippen molar-refractivity contribution in [2.75, 3.05) is 118 Å². The van der Waals surface area contributed by atoms with E-state index in [1.807, 2.05) is 60.1 Å². The molecule has 15 atom stereocenters. The number of fused-ring (bicyclic) bond motifs is 7. The first-order chi connectivity index (χ1) is 67.3. The summed E-state index contributed by atoms with van der Waals surface area (Å²) in [6, 6.07) is 17.9. The maximum absolute atomic E-state index is 15.2. The summed E-state index contributed by atoms with van der Waals surface area (Å²) in [7, 11) is 8.52. The topological polar surface area (TPSA) is 618 Å². The Hall–Kier alpha value is -12.8. The van der Waals surface area contributed by atoms with Crippen LogP contribution in [0.4, 0.5) is 22.1 Å². The van der Waals surface area contributed by atoms with Crippen LogP contribution in [0.1, 0.15) is 144 Å². The highest BCUT2D eigenvalue weighted by Crippen LogP contribution is 2.68. The van der Waals surface area contributed by atoms with Gasteiger partial charge in [0.05, 0.1) is 47.7 Å². The lowest BCUT2D eigenvalue weighted by Crippen LogP contribution is -2.82. The number of aliphatic carboxylic acids is 2. The lowest BCUT2D eigenvalue weighted by molar-refractivity contribution is -0.204. The van der Waals surface area contributed by atoms with Crippen molar-refractivity contribution in [1.82, 2.24) is 56.9 Å². The van der Waals surface area contributed by atoms with E-state index in [0.29, 0.717) is 129 Å². The number of ketones is 2. The number of amides is 6. The van der Waals surface area contributed by atoms with Crippen molar-refractivity contribution in [2.45, 2.75) is 177 Å². The van der Waals surface area contributed by atoms with Crippen molar-refractivity contribution < 1.29 is 131 Å². The van der Waals surface area contributed by atoms with E-state index in [4.69, 9.17) is 59.9 Å². The molecular formula is C95H116N14O28S4. The van der Waals surface area contributed by atoms with Crippen LogP contribution < -0.4 is 57.9 Å². The number of nitrogen functional groups attached to an aromatic ring is 1. The zero-order chi connectivity index (χ0) is 103. The third-order valence-electron chi connectivity index (χ3n) is 26.4. The molecule has 42 nitrogen and oxygen atoms in total. The summed E-state index contributed by atoms with van der Waals surface area (Å²) in [6.07, 6.45) is 9.31. The SMILES string of the molecule is C#CCN(Cc1ccc2nc(N)[nH]c(=O)c2c1)c1ccc(C(=O)N[C@@H](CCC(=O)OCCSSCCC(=O)C[C@@H](C)C(=O)N[C@@H](C)C(=O)C[C@@H](C)C(=O)NC(CNC(=O)CCSSCCOC(=O)NNC(=O)[C@]2(O)[C@H](O)[C@]3(CC)C=CCN4CC[C@@]5(c6cc([C@@]7(COC=O)CC8CN(CCc9c7[nH]c7ccccc97)C[C@](O)(CC)C8)c(OC)cc6N(C)[C@@H]25)[C@@H]43)C(=O)O)C(=O)O)cc1.O=C=O.O=C=O.O=C=O. The number of nitrogens with two attached hydrogens (primary N) is 1. The fraction of sp³-hybridized carbons (Fsp3) is 0.505. The Bertz CT molecular complexity index is 5760. The molecule has 46 heteroatoms. The number of methoxy groups -OCH3 is 1. The van der Waals surface area contributed by atoms with Crippen LogP contribution in [0.25, 0.3) is 21.8 Å². The second-order valence-electron chi connectivity index (χ2n) is 35.2. The number of nitrogens with one attached hydrogen (secondary N) is 8. The van der Waals surface area contributed by atoms with Crippen LogP contribution in [0.15, 0.2) is 95.8 Å². The van der Waals surface area contributed by atoms with Crippen LogP contribution >= 0.6 is 43.2 Å². The van der Waals surface area contributed by atoms with Gasteiger partial charge < -0.3 is 86.3 Å². The smallest absolute Gasteiger partial charge is 0.426 e. The number of aliphatic hydroxyl groups is 3. The molecule has 4 aromatic carbocycles. The number of hydrazine groups is 1. The summed E-state index contributed by atoms with van der Waals surface area (Å²) >= 11 is 0. The number of aliphatic hydroxyl groups excluding tert-OH is 1. The molecule has 6 amide bonds. The summed E-state index contributed by atoms with van der Waals surface area (Å²) < 4.78 is 23.2. The van der Waals surface area contributed by atoms with Gasteiger partial charge in [0.25, 0.3) is 23.8 Å². The molecule has 3 unspecified atom stereocenters. The molecule has 1 spiro atoms. The number of anilines is 3. The number of benzene rings is 4. The van der Waals surface area contributed by atoms with E-state index >= 15 is 4.79 Å². The van der Waals surface area contributed by atoms with Gasteiger partial charge in [-0.25, -0.2) is 24.8 Å². The number of hydrogen-bond acceptors (Lipinski definition) is 36. The number of piperidine rings is 1. The van der Waals surface area contributed by atoms with Crippen molar-refractivity contribution >= 4 is 172 Å². The summed E-state index contributed by atoms with van der Waals surface area (Å²) in [6.45, 7) is 11.4. The number of ether oxygens (including phenoxy) is 4. The number of carboxylic acids is 2. The highest BCUT2D eigenvalue weighted by atomic mass is 33.1. The number of carbonyl (C=O) groups is 12. The number of nitrogens with zero attached hydrogens (tertiary/aromatic N) is 5. The lowest BCUT2D eigenvalue weighted by Gasteiger charge is -2.63. The molecule has 3 fully saturated rings. The number of H-pyrrole nitrogens is 2. The molecule has 1 saturated carbocycles. The van der Waals surface area contributed by atoms with Gasteiger partial charge in [-0.05, 0) is 130 Å². The van der Waals surface area contributed by atoms with Crippen LogP contribution in [0.2, 0.25) is 0 Å². The molecule has 5 aliphatic heterocycles. The van der Waals surface area contributed by atoms with Gasteiger partial charge in [0.1, 0.15) is 49.5 Å². The first kappa shape index (κ1) is 112. The number of aromatic amines is 2. The molecule has 758 valence electrons. The number of terminal acetylenes is 1. The number of hydrogen-bond donors (Lipinski definition) is 14. The summed E-state index contributed by atoms with van der Waals surface area (Å²) in [5, 5.41) is 69.9. The van der Waals surface area contributed by atoms with E-state index in [1.165, 1.54) is 76.1 Å². The summed E-state index contributed by atoms with van der Waals surface area (Å²) in [5.74, 6) is -5.75. The van der Waals surface area contributed by atoms with Gasteiger partial charge in [0, 0.05) is 175 Å². The average Bonchev–Trinajstić information content (AvgIpc) is 1.48. The number of aromatic nitrogens is 3.